The number of nitriles is 1. The predicted octanol–water partition coefficient (Wildman–Crippen LogP) is 0.859. The number of halogens is 1. The van der Waals surface area contributed by atoms with Gasteiger partial charge in [-0.1, -0.05) is 11.6 Å². The second-order valence-electron chi connectivity index (χ2n) is 3.49. The molecule has 102 valence electrons. The van der Waals surface area contributed by atoms with Gasteiger partial charge in [0, 0.05) is 0 Å². The first-order valence-electron chi connectivity index (χ1n) is 5.36. The number of aliphatic hydroxyl groups excluding tert-OH is 1. The van der Waals surface area contributed by atoms with Gasteiger partial charge in [0.05, 0.1) is 24.8 Å². The SMILES string of the molecule is COc1cc(CO)cc(Cl)c1OCC(=O)NCC#N. The Morgan fingerprint density at radius 2 is 2.32 bits per heavy atom. The fraction of sp³-hybridized carbons (Fsp3) is 0.333. The topological polar surface area (TPSA) is 91.6 Å². The molecule has 1 rings (SSSR count). The smallest absolute Gasteiger partial charge is 0.258 e. The number of ether oxygens (including phenoxy) is 2. The Morgan fingerprint density at radius 1 is 1.58 bits per heavy atom. The summed E-state index contributed by atoms with van der Waals surface area (Å²) in [4.78, 5) is 11.3. The number of rotatable bonds is 6. The quantitative estimate of drug-likeness (QED) is 0.756. The molecular weight excluding hydrogens is 272 g/mol. The standard InChI is InChI=1S/C12H13ClN2O4/c1-18-10-5-8(6-16)4-9(13)12(10)19-7-11(17)15-3-2-14/h4-5,16H,3,6-7H2,1H3,(H,15,17). The molecular formula is C12H13ClN2O4. The summed E-state index contributed by atoms with van der Waals surface area (Å²) in [6, 6.07) is 4.86. The van der Waals surface area contributed by atoms with E-state index in [9.17, 15) is 4.79 Å². The van der Waals surface area contributed by atoms with Crippen LogP contribution in [0.1, 0.15) is 5.56 Å². The van der Waals surface area contributed by atoms with Crippen molar-refractivity contribution in [2.75, 3.05) is 20.3 Å². The number of carbonyl (C=O) groups excluding carboxylic acids is 1. The molecule has 0 heterocycles. The molecule has 0 bridgehead atoms. The van der Waals surface area contributed by atoms with E-state index in [1.54, 1.807) is 12.1 Å². The maximum Gasteiger partial charge on any atom is 0.258 e. The molecule has 0 saturated carbocycles. The van der Waals surface area contributed by atoms with Gasteiger partial charge in [0.1, 0.15) is 6.54 Å². The van der Waals surface area contributed by atoms with Gasteiger partial charge in [-0.2, -0.15) is 5.26 Å². The average molecular weight is 285 g/mol. The number of carbonyl (C=O) groups is 1. The van der Waals surface area contributed by atoms with Crippen LogP contribution in [0.3, 0.4) is 0 Å². The summed E-state index contributed by atoms with van der Waals surface area (Å²) in [6.45, 7) is -0.550. The molecule has 19 heavy (non-hydrogen) atoms. The van der Waals surface area contributed by atoms with Crippen LogP contribution in [0.2, 0.25) is 5.02 Å². The van der Waals surface area contributed by atoms with E-state index in [0.717, 1.165) is 0 Å². The molecule has 1 amide bonds. The molecule has 0 aliphatic rings. The maximum absolute atomic E-state index is 11.3. The number of amides is 1. The van der Waals surface area contributed by atoms with Crippen molar-refractivity contribution < 1.29 is 19.4 Å². The van der Waals surface area contributed by atoms with E-state index in [-0.39, 0.29) is 30.5 Å². The van der Waals surface area contributed by atoms with Crippen LogP contribution in [0, 0.1) is 11.3 Å². The zero-order chi connectivity index (χ0) is 14.3. The highest BCUT2D eigenvalue weighted by Crippen LogP contribution is 2.36. The summed E-state index contributed by atoms with van der Waals surface area (Å²) < 4.78 is 10.3. The van der Waals surface area contributed by atoms with E-state index in [4.69, 9.17) is 31.4 Å². The van der Waals surface area contributed by atoms with Crippen LogP contribution >= 0.6 is 11.6 Å². The fourth-order valence-corrected chi connectivity index (χ4v) is 1.62. The second kappa shape index (κ2) is 7.46. The molecule has 0 saturated heterocycles. The Balaban J connectivity index is 2.78. The molecule has 6 nitrogen and oxygen atoms in total. The molecule has 0 aliphatic carbocycles. The van der Waals surface area contributed by atoms with Crippen molar-refractivity contribution in [3.63, 3.8) is 0 Å². The van der Waals surface area contributed by atoms with Crippen molar-refractivity contribution in [2.24, 2.45) is 0 Å². The number of nitrogens with one attached hydrogen (secondary N) is 1. The zero-order valence-electron chi connectivity index (χ0n) is 10.3. The molecule has 0 aliphatic heterocycles. The molecule has 1 aromatic rings. The van der Waals surface area contributed by atoms with Crippen LogP contribution in [-0.2, 0) is 11.4 Å². The van der Waals surface area contributed by atoms with E-state index in [0.29, 0.717) is 11.3 Å². The van der Waals surface area contributed by atoms with Gasteiger partial charge < -0.3 is 19.9 Å². The molecule has 7 heteroatoms. The number of methoxy groups -OCH3 is 1. The second-order valence-corrected chi connectivity index (χ2v) is 3.90. The van der Waals surface area contributed by atoms with Crippen molar-refractivity contribution in [3.05, 3.63) is 22.7 Å². The maximum atomic E-state index is 11.3. The minimum Gasteiger partial charge on any atom is -0.493 e. The van der Waals surface area contributed by atoms with Gasteiger partial charge >= 0.3 is 0 Å². The first kappa shape index (κ1) is 15.1. The Morgan fingerprint density at radius 3 is 2.89 bits per heavy atom. The third-order valence-corrected chi connectivity index (χ3v) is 2.46. The summed E-state index contributed by atoms with van der Waals surface area (Å²) in [5.74, 6) is 0.101. The minimum atomic E-state index is -0.439. The zero-order valence-corrected chi connectivity index (χ0v) is 11.0. The van der Waals surface area contributed by atoms with Crippen molar-refractivity contribution in [1.29, 1.82) is 5.26 Å². The van der Waals surface area contributed by atoms with Crippen LogP contribution in [-0.4, -0.2) is 31.3 Å². The molecule has 0 atom stereocenters. The predicted molar refractivity (Wildman–Crippen MR) is 68.0 cm³/mol. The van der Waals surface area contributed by atoms with Gasteiger partial charge in [-0.05, 0) is 17.7 Å². The van der Waals surface area contributed by atoms with E-state index in [1.807, 2.05) is 0 Å². The van der Waals surface area contributed by atoms with Gasteiger partial charge in [0.25, 0.3) is 5.91 Å². The minimum absolute atomic E-state index is 0.0868. The first-order valence-corrected chi connectivity index (χ1v) is 5.73. The lowest BCUT2D eigenvalue weighted by molar-refractivity contribution is -0.122. The summed E-state index contributed by atoms with van der Waals surface area (Å²) >= 11 is 5.98. The fourth-order valence-electron chi connectivity index (χ4n) is 1.33. The number of hydrogen-bond donors (Lipinski definition) is 2. The monoisotopic (exact) mass is 284 g/mol. The van der Waals surface area contributed by atoms with Gasteiger partial charge in [0.15, 0.2) is 18.1 Å². The van der Waals surface area contributed by atoms with Crippen molar-refractivity contribution in [2.45, 2.75) is 6.61 Å². The van der Waals surface area contributed by atoms with Crippen molar-refractivity contribution in [1.82, 2.24) is 5.32 Å². The lowest BCUT2D eigenvalue weighted by Gasteiger charge is -2.13. The first-order chi connectivity index (χ1) is 9.12. The lowest BCUT2D eigenvalue weighted by Crippen LogP contribution is -2.29. The van der Waals surface area contributed by atoms with Gasteiger partial charge in [-0.15, -0.1) is 0 Å². The van der Waals surface area contributed by atoms with Crippen LogP contribution in [0.25, 0.3) is 0 Å². The van der Waals surface area contributed by atoms with Crippen molar-refractivity contribution in [3.8, 4) is 17.6 Å². The Bertz CT molecular complexity index is 499. The molecule has 2 N–H and O–H groups in total. The third kappa shape index (κ3) is 4.32. The largest absolute Gasteiger partial charge is 0.493 e. The Labute approximate surface area is 115 Å². The molecule has 0 radical (unpaired) electrons. The Kier molecular flexibility index (Phi) is 5.93. The van der Waals surface area contributed by atoms with E-state index in [1.165, 1.54) is 13.2 Å². The molecule has 1 aromatic carbocycles. The summed E-state index contributed by atoms with van der Waals surface area (Å²) in [5.41, 5.74) is 0.572. The number of nitrogens with zero attached hydrogens (tertiary/aromatic N) is 1. The summed E-state index contributed by atoms with van der Waals surface area (Å²) in [5, 5.41) is 19.9. The number of benzene rings is 1. The molecule has 0 spiro atoms. The number of hydrogen-bond acceptors (Lipinski definition) is 5. The van der Waals surface area contributed by atoms with Crippen LogP contribution in [0.5, 0.6) is 11.5 Å². The summed E-state index contributed by atoms with van der Waals surface area (Å²) in [6.07, 6.45) is 0. The molecule has 0 fully saturated rings. The van der Waals surface area contributed by atoms with Crippen molar-refractivity contribution >= 4 is 17.5 Å². The van der Waals surface area contributed by atoms with Gasteiger partial charge in [-0.25, -0.2) is 0 Å². The lowest BCUT2D eigenvalue weighted by atomic mass is 10.2. The van der Waals surface area contributed by atoms with Gasteiger partial charge in [-0.3, -0.25) is 4.79 Å². The van der Waals surface area contributed by atoms with E-state index in [2.05, 4.69) is 5.32 Å². The van der Waals surface area contributed by atoms with Crippen LogP contribution in [0.15, 0.2) is 12.1 Å². The summed E-state index contributed by atoms with van der Waals surface area (Å²) in [7, 11) is 1.43. The highest BCUT2D eigenvalue weighted by Gasteiger charge is 2.13. The number of aliphatic hydroxyl groups is 1. The molecule has 0 unspecified atom stereocenters. The van der Waals surface area contributed by atoms with E-state index >= 15 is 0 Å². The molecule has 0 aromatic heterocycles. The van der Waals surface area contributed by atoms with E-state index < -0.39 is 5.91 Å². The van der Waals surface area contributed by atoms with Crippen LogP contribution < -0.4 is 14.8 Å². The third-order valence-electron chi connectivity index (χ3n) is 2.18. The highest BCUT2D eigenvalue weighted by molar-refractivity contribution is 6.32. The normalized spacial score (nSPS) is 9.58. The Hall–Kier alpha value is -1.97. The van der Waals surface area contributed by atoms with Gasteiger partial charge in [0.2, 0.25) is 0 Å². The van der Waals surface area contributed by atoms with Crippen LogP contribution in [0.4, 0.5) is 0 Å². The highest BCUT2D eigenvalue weighted by atomic mass is 35.5. The average Bonchev–Trinajstić information content (AvgIpc) is 2.42.